The Balaban J connectivity index is 1.42. The SMILES string of the molecule is O=C(O[C@@H](C(=O)N1CCCC1)c1ccccc1)c1ccc(OC[C@@H]2CCCO2)cc1. The summed E-state index contributed by atoms with van der Waals surface area (Å²) in [4.78, 5) is 27.5. The molecule has 2 aromatic rings. The van der Waals surface area contributed by atoms with Crippen molar-refractivity contribution in [1.82, 2.24) is 4.90 Å². The summed E-state index contributed by atoms with van der Waals surface area (Å²) < 4.78 is 17.0. The van der Waals surface area contributed by atoms with Gasteiger partial charge in [-0.25, -0.2) is 4.79 Å². The summed E-state index contributed by atoms with van der Waals surface area (Å²) >= 11 is 0. The van der Waals surface area contributed by atoms with E-state index in [9.17, 15) is 9.59 Å². The Hall–Kier alpha value is -2.86. The van der Waals surface area contributed by atoms with E-state index in [1.165, 1.54) is 0 Å². The van der Waals surface area contributed by atoms with E-state index >= 15 is 0 Å². The van der Waals surface area contributed by atoms with Gasteiger partial charge >= 0.3 is 5.97 Å². The Kier molecular flexibility index (Phi) is 6.64. The maximum atomic E-state index is 13.0. The van der Waals surface area contributed by atoms with Crippen molar-refractivity contribution in [3.8, 4) is 5.75 Å². The third-order valence-electron chi connectivity index (χ3n) is 5.52. The van der Waals surface area contributed by atoms with Crippen LogP contribution in [0.5, 0.6) is 5.75 Å². The first kappa shape index (κ1) is 20.4. The molecule has 2 fully saturated rings. The summed E-state index contributed by atoms with van der Waals surface area (Å²) in [6.07, 6.45) is 3.24. The van der Waals surface area contributed by atoms with Crippen LogP contribution in [0.25, 0.3) is 0 Å². The van der Waals surface area contributed by atoms with E-state index in [0.717, 1.165) is 32.3 Å². The first-order chi connectivity index (χ1) is 14.7. The van der Waals surface area contributed by atoms with Crippen molar-refractivity contribution in [2.45, 2.75) is 37.9 Å². The van der Waals surface area contributed by atoms with E-state index in [1.54, 1.807) is 29.2 Å². The number of amides is 1. The Labute approximate surface area is 176 Å². The first-order valence-corrected chi connectivity index (χ1v) is 10.6. The van der Waals surface area contributed by atoms with Gasteiger partial charge in [-0.05, 0) is 49.9 Å². The van der Waals surface area contributed by atoms with E-state index in [1.807, 2.05) is 30.3 Å². The molecule has 0 aromatic heterocycles. The first-order valence-electron chi connectivity index (χ1n) is 10.6. The molecule has 0 saturated carbocycles. The van der Waals surface area contributed by atoms with Crippen LogP contribution in [0.4, 0.5) is 0 Å². The molecule has 0 radical (unpaired) electrons. The minimum absolute atomic E-state index is 0.137. The molecule has 6 heteroatoms. The molecule has 6 nitrogen and oxygen atoms in total. The van der Waals surface area contributed by atoms with Gasteiger partial charge in [0.15, 0.2) is 0 Å². The number of ether oxygens (including phenoxy) is 3. The molecule has 2 heterocycles. The minimum Gasteiger partial charge on any atom is -0.491 e. The van der Waals surface area contributed by atoms with Crippen molar-refractivity contribution in [3.63, 3.8) is 0 Å². The van der Waals surface area contributed by atoms with Crippen LogP contribution in [0, 0.1) is 0 Å². The number of hydrogen-bond donors (Lipinski definition) is 0. The molecule has 0 bridgehead atoms. The molecule has 2 aliphatic heterocycles. The van der Waals surface area contributed by atoms with Gasteiger partial charge in [-0.15, -0.1) is 0 Å². The van der Waals surface area contributed by atoms with Gasteiger partial charge in [0.25, 0.3) is 5.91 Å². The van der Waals surface area contributed by atoms with Gasteiger partial charge in [-0.1, -0.05) is 30.3 Å². The van der Waals surface area contributed by atoms with E-state index in [4.69, 9.17) is 14.2 Å². The van der Waals surface area contributed by atoms with Gasteiger partial charge < -0.3 is 19.1 Å². The monoisotopic (exact) mass is 409 g/mol. The lowest BCUT2D eigenvalue weighted by Crippen LogP contribution is -2.34. The zero-order chi connectivity index (χ0) is 20.8. The fourth-order valence-corrected chi connectivity index (χ4v) is 3.82. The smallest absolute Gasteiger partial charge is 0.339 e. The van der Waals surface area contributed by atoms with E-state index in [-0.39, 0.29) is 12.0 Å². The highest BCUT2D eigenvalue weighted by Gasteiger charge is 2.31. The summed E-state index contributed by atoms with van der Waals surface area (Å²) in [6, 6.07) is 16.0. The van der Waals surface area contributed by atoms with Crippen LogP contribution < -0.4 is 4.74 Å². The largest absolute Gasteiger partial charge is 0.491 e. The number of rotatable bonds is 7. The lowest BCUT2D eigenvalue weighted by molar-refractivity contribution is -0.140. The molecular formula is C24H27NO5. The van der Waals surface area contributed by atoms with Gasteiger partial charge in [-0.3, -0.25) is 4.79 Å². The number of esters is 1. The van der Waals surface area contributed by atoms with Crippen LogP contribution in [0.3, 0.4) is 0 Å². The van der Waals surface area contributed by atoms with Crippen molar-refractivity contribution < 1.29 is 23.8 Å². The molecule has 0 aliphatic carbocycles. The van der Waals surface area contributed by atoms with Crippen molar-refractivity contribution in [2.75, 3.05) is 26.3 Å². The fourth-order valence-electron chi connectivity index (χ4n) is 3.82. The van der Waals surface area contributed by atoms with Gasteiger partial charge in [0.05, 0.1) is 11.7 Å². The number of carbonyl (C=O) groups excluding carboxylic acids is 2. The lowest BCUT2D eigenvalue weighted by atomic mass is 10.1. The summed E-state index contributed by atoms with van der Waals surface area (Å²) in [7, 11) is 0. The molecule has 30 heavy (non-hydrogen) atoms. The summed E-state index contributed by atoms with van der Waals surface area (Å²) in [5, 5.41) is 0. The molecule has 158 valence electrons. The quantitative estimate of drug-likeness (QED) is 0.652. The minimum atomic E-state index is -0.938. The second-order valence-corrected chi connectivity index (χ2v) is 7.70. The molecule has 0 N–H and O–H groups in total. The third kappa shape index (κ3) is 5.00. The van der Waals surface area contributed by atoms with Gasteiger partial charge in [-0.2, -0.15) is 0 Å². The molecule has 4 rings (SSSR count). The molecule has 0 spiro atoms. The van der Waals surface area contributed by atoms with Crippen molar-refractivity contribution >= 4 is 11.9 Å². The highest BCUT2D eigenvalue weighted by molar-refractivity contribution is 5.92. The standard InChI is InChI=1S/C24H27NO5/c26-23(25-14-4-5-15-25)22(18-7-2-1-3-8-18)30-24(27)19-10-12-20(13-11-19)29-17-21-9-6-16-28-21/h1-3,7-8,10-13,21-22H,4-6,9,14-17H2/t21-,22+/m0/s1. The van der Waals surface area contributed by atoms with Gasteiger partial charge in [0.1, 0.15) is 12.4 Å². The normalized spacial score (nSPS) is 19.5. The highest BCUT2D eigenvalue weighted by Crippen LogP contribution is 2.25. The van der Waals surface area contributed by atoms with Crippen LogP contribution in [-0.4, -0.2) is 49.2 Å². The van der Waals surface area contributed by atoms with Crippen LogP contribution >= 0.6 is 0 Å². The molecule has 2 saturated heterocycles. The average molecular weight is 409 g/mol. The van der Waals surface area contributed by atoms with Crippen LogP contribution in [0.1, 0.15) is 47.7 Å². The predicted molar refractivity (Wildman–Crippen MR) is 111 cm³/mol. The third-order valence-corrected chi connectivity index (χ3v) is 5.52. The number of benzene rings is 2. The van der Waals surface area contributed by atoms with Crippen molar-refractivity contribution in [2.24, 2.45) is 0 Å². The second-order valence-electron chi connectivity index (χ2n) is 7.70. The van der Waals surface area contributed by atoms with Crippen LogP contribution in [0.2, 0.25) is 0 Å². The van der Waals surface area contributed by atoms with E-state index in [0.29, 0.717) is 36.6 Å². The second kappa shape index (κ2) is 9.76. The molecule has 2 atom stereocenters. The lowest BCUT2D eigenvalue weighted by Gasteiger charge is -2.23. The number of nitrogens with zero attached hydrogens (tertiary/aromatic N) is 1. The van der Waals surface area contributed by atoms with E-state index in [2.05, 4.69) is 0 Å². The average Bonchev–Trinajstić information content (AvgIpc) is 3.51. The topological polar surface area (TPSA) is 65.1 Å². The maximum absolute atomic E-state index is 13.0. The Morgan fingerprint density at radius 1 is 1.00 bits per heavy atom. The molecule has 1 amide bonds. The molecule has 2 aliphatic rings. The molecular weight excluding hydrogens is 382 g/mol. The Bertz CT molecular complexity index is 840. The van der Waals surface area contributed by atoms with Crippen LogP contribution in [0.15, 0.2) is 54.6 Å². The Morgan fingerprint density at radius 2 is 1.73 bits per heavy atom. The zero-order valence-electron chi connectivity index (χ0n) is 17.0. The van der Waals surface area contributed by atoms with Gasteiger partial charge in [0.2, 0.25) is 6.10 Å². The maximum Gasteiger partial charge on any atom is 0.339 e. The summed E-state index contributed by atoms with van der Waals surface area (Å²) in [5.41, 5.74) is 1.06. The molecule has 0 unspecified atom stereocenters. The summed E-state index contributed by atoms with van der Waals surface area (Å²) in [5.74, 6) is -0.0135. The van der Waals surface area contributed by atoms with Crippen molar-refractivity contribution in [3.05, 3.63) is 65.7 Å². The number of likely N-dealkylation sites (tertiary alicyclic amines) is 1. The highest BCUT2D eigenvalue weighted by atomic mass is 16.5. The van der Waals surface area contributed by atoms with Crippen LogP contribution in [-0.2, 0) is 14.3 Å². The van der Waals surface area contributed by atoms with E-state index < -0.39 is 12.1 Å². The van der Waals surface area contributed by atoms with Crippen molar-refractivity contribution in [1.29, 1.82) is 0 Å². The zero-order valence-corrected chi connectivity index (χ0v) is 17.0. The van der Waals surface area contributed by atoms with Gasteiger partial charge in [0, 0.05) is 25.3 Å². The number of carbonyl (C=O) groups is 2. The number of hydrogen-bond acceptors (Lipinski definition) is 5. The predicted octanol–water partition coefficient (Wildman–Crippen LogP) is 3.76. The Morgan fingerprint density at radius 3 is 2.40 bits per heavy atom. The fraction of sp³-hybridized carbons (Fsp3) is 0.417. The molecule has 2 aromatic carbocycles. The summed E-state index contributed by atoms with van der Waals surface area (Å²) in [6.45, 7) is 2.70.